The molecule has 0 radical (unpaired) electrons. The lowest BCUT2D eigenvalue weighted by Crippen LogP contribution is -2.38. The van der Waals surface area contributed by atoms with Gasteiger partial charge in [0.15, 0.2) is 11.6 Å². The number of hydrogen-bond donors (Lipinski definition) is 2. The van der Waals surface area contributed by atoms with E-state index in [2.05, 4.69) is 15.0 Å². The van der Waals surface area contributed by atoms with Gasteiger partial charge in [-0.25, -0.2) is 4.98 Å². The van der Waals surface area contributed by atoms with Crippen LogP contribution in [0.25, 0.3) is 11.0 Å². The van der Waals surface area contributed by atoms with Crippen molar-refractivity contribution >= 4 is 22.6 Å². The van der Waals surface area contributed by atoms with E-state index in [1.54, 1.807) is 6.20 Å². The van der Waals surface area contributed by atoms with Gasteiger partial charge in [-0.2, -0.15) is 0 Å². The Morgan fingerprint density at radius 1 is 1.39 bits per heavy atom. The number of piperidine rings is 1. The van der Waals surface area contributed by atoms with E-state index in [9.17, 15) is 0 Å². The molecule has 0 amide bonds. The minimum atomic E-state index is 0.252. The normalized spacial score (nSPS) is 30.5. The van der Waals surface area contributed by atoms with Crippen molar-refractivity contribution in [3.05, 3.63) is 12.3 Å². The molecule has 3 atom stereocenters. The molecule has 3 unspecified atom stereocenters. The predicted molar refractivity (Wildman–Crippen MR) is 68.0 cm³/mol. The van der Waals surface area contributed by atoms with Crippen molar-refractivity contribution in [1.29, 1.82) is 0 Å². The third-order valence-electron chi connectivity index (χ3n) is 4.32. The molecule has 1 aliphatic carbocycles. The zero-order chi connectivity index (χ0) is 12.3. The summed E-state index contributed by atoms with van der Waals surface area (Å²) in [5.41, 5.74) is 12.7. The Bertz CT molecular complexity index is 610. The van der Waals surface area contributed by atoms with Crippen molar-refractivity contribution in [2.75, 3.05) is 17.2 Å². The summed E-state index contributed by atoms with van der Waals surface area (Å²) >= 11 is 0. The van der Waals surface area contributed by atoms with E-state index >= 15 is 0 Å². The van der Waals surface area contributed by atoms with E-state index in [0.29, 0.717) is 23.4 Å². The van der Waals surface area contributed by atoms with Gasteiger partial charge in [0.05, 0.1) is 5.39 Å². The standard InChI is InChI=1S/C12H15N5O/c13-9-6-1-2-8(9)17(5-6)12-10-7(3-4-15-12)11(14)16-18-10/h3-4,6,8-9H,1-2,5,13H2,(H2,14,16). The monoisotopic (exact) mass is 245 g/mol. The second kappa shape index (κ2) is 3.35. The summed E-state index contributed by atoms with van der Waals surface area (Å²) in [5.74, 6) is 1.83. The molecular weight excluding hydrogens is 230 g/mol. The van der Waals surface area contributed by atoms with Crippen molar-refractivity contribution < 1.29 is 4.52 Å². The number of aromatic nitrogens is 2. The van der Waals surface area contributed by atoms with Crippen LogP contribution >= 0.6 is 0 Å². The van der Waals surface area contributed by atoms with Crippen LogP contribution in [0, 0.1) is 5.92 Å². The first-order valence-corrected chi connectivity index (χ1v) is 6.28. The Morgan fingerprint density at radius 2 is 2.28 bits per heavy atom. The molecule has 2 fully saturated rings. The smallest absolute Gasteiger partial charge is 0.211 e. The molecular formula is C12H15N5O. The van der Waals surface area contributed by atoms with Crippen LogP contribution in [0.4, 0.5) is 11.6 Å². The van der Waals surface area contributed by atoms with Crippen molar-refractivity contribution in [2.45, 2.75) is 24.9 Å². The summed E-state index contributed by atoms with van der Waals surface area (Å²) in [6.07, 6.45) is 4.10. The Morgan fingerprint density at radius 3 is 3.00 bits per heavy atom. The molecule has 1 saturated heterocycles. The van der Waals surface area contributed by atoms with E-state index < -0.39 is 0 Å². The van der Waals surface area contributed by atoms with Crippen molar-refractivity contribution in [2.24, 2.45) is 11.7 Å². The van der Waals surface area contributed by atoms with Gasteiger partial charge in [-0.3, -0.25) is 0 Å². The van der Waals surface area contributed by atoms with Gasteiger partial charge in [0, 0.05) is 24.8 Å². The van der Waals surface area contributed by atoms with Gasteiger partial charge in [-0.15, -0.1) is 0 Å². The van der Waals surface area contributed by atoms with E-state index in [1.807, 2.05) is 6.07 Å². The van der Waals surface area contributed by atoms with Gasteiger partial charge in [-0.1, -0.05) is 5.16 Å². The van der Waals surface area contributed by atoms with E-state index in [4.69, 9.17) is 16.0 Å². The lowest BCUT2D eigenvalue weighted by molar-refractivity contribution is 0.457. The molecule has 4 rings (SSSR count). The lowest BCUT2D eigenvalue weighted by Gasteiger charge is -2.27. The maximum atomic E-state index is 6.22. The van der Waals surface area contributed by atoms with Crippen LogP contribution in [-0.2, 0) is 0 Å². The molecule has 6 heteroatoms. The Labute approximate surface area is 104 Å². The molecule has 1 saturated carbocycles. The average Bonchev–Trinajstić information content (AvgIpc) is 3.04. The number of nitrogen functional groups attached to an aromatic ring is 1. The molecule has 0 aromatic carbocycles. The lowest BCUT2D eigenvalue weighted by atomic mass is 10.1. The maximum absolute atomic E-state index is 6.22. The van der Waals surface area contributed by atoms with E-state index in [1.165, 1.54) is 6.42 Å². The summed E-state index contributed by atoms with van der Waals surface area (Å²) in [4.78, 5) is 6.69. The number of anilines is 2. The Hall–Kier alpha value is -1.82. The number of nitrogens with zero attached hydrogens (tertiary/aromatic N) is 3. The van der Waals surface area contributed by atoms with Crippen LogP contribution in [0.1, 0.15) is 12.8 Å². The summed E-state index contributed by atoms with van der Waals surface area (Å²) in [6.45, 7) is 0.957. The number of nitrogens with two attached hydrogens (primary N) is 2. The van der Waals surface area contributed by atoms with Gasteiger partial charge in [0.1, 0.15) is 0 Å². The molecule has 1 aliphatic heterocycles. The quantitative estimate of drug-likeness (QED) is 0.769. The van der Waals surface area contributed by atoms with Gasteiger partial charge in [-0.05, 0) is 24.8 Å². The van der Waals surface area contributed by atoms with E-state index in [0.717, 1.165) is 24.2 Å². The number of fused-ring (bicyclic) bond motifs is 3. The van der Waals surface area contributed by atoms with Crippen LogP contribution in [-0.4, -0.2) is 28.8 Å². The third-order valence-corrected chi connectivity index (χ3v) is 4.32. The zero-order valence-electron chi connectivity index (χ0n) is 9.91. The van der Waals surface area contributed by atoms with Gasteiger partial charge in [0.2, 0.25) is 5.58 Å². The highest BCUT2D eigenvalue weighted by atomic mass is 16.5. The minimum Gasteiger partial charge on any atom is -0.380 e. The topological polar surface area (TPSA) is 94.2 Å². The first-order valence-electron chi connectivity index (χ1n) is 6.28. The van der Waals surface area contributed by atoms with Crippen LogP contribution in [0.3, 0.4) is 0 Å². The van der Waals surface area contributed by atoms with Crippen LogP contribution < -0.4 is 16.4 Å². The highest BCUT2D eigenvalue weighted by Crippen LogP contribution is 2.41. The molecule has 18 heavy (non-hydrogen) atoms. The molecule has 2 bridgehead atoms. The largest absolute Gasteiger partial charge is 0.380 e. The summed E-state index contributed by atoms with van der Waals surface area (Å²) in [6, 6.07) is 2.46. The van der Waals surface area contributed by atoms with Crippen molar-refractivity contribution in [1.82, 2.24) is 10.1 Å². The Balaban J connectivity index is 1.84. The zero-order valence-corrected chi connectivity index (χ0v) is 9.91. The fraction of sp³-hybridized carbons (Fsp3) is 0.500. The summed E-state index contributed by atoms with van der Waals surface area (Å²) in [5, 5.41) is 4.64. The molecule has 0 spiro atoms. The maximum Gasteiger partial charge on any atom is 0.211 e. The Kier molecular flexibility index (Phi) is 1.89. The van der Waals surface area contributed by atoms with Crippen LogP contribution in [0.2, 0.25) is 0 Å². The van der Waals surface area contributed by atoms with Gasteiger partial charge in [0.25, 0.3) is 0 Å². The second-order valence-corrected chi connectivity index (χ2v) is 5.21. The summed E-state index contributed by atoms with van der Waals surface area (Å²) in [7, 11) is 0. The highest BCUT2D eigenvalue weighted by Gasteiger charge is 2.46. The van der Waals surface area contributed by atoms with Crippen molar-refractivity contribution in [3.8, 4) is 0 Å². The third kappa shape index (κ3) is 1.16. The van der Waals surface area contributed by atoms with Gasteiger partial charge >= 0.3 is 0 Å². The molecule has 6 nitrogen and oxygen atoms in total. The minimum absolute atomic E-state index is 0.252. The molecule has 2 aromatic heterocycles. The van der Waals surface area contributed by atoms with Crippen molar-refractivity contribution in [3.63, 3.8) is 0 Å². The SMILES string of the molecule is Nc1noc2c(N3CC4CCC3C4N)nccc12. The van der Waals surface area contributed by atoms with Crippen LogP contribution in [0.5, 0.6) is 0 Å². The first-order chi connectivity index (χ1) is 8.75. The average molecular weight is 245 g/mol. The fourth-order valence-corrected chi connectivity index (χ4v) is 3.37. The fourth-order valence-electron chi connectivity index (χ4n) is 3.37. The highest BCUT2D eigenvalue weighted by molar-refractivity contribution is 5.94. The predicted octanol–water partition coefficient (Wildman–Crippen LogP) is 0.731. The van der Waals surface area contributed by atoms with Crippen LogP contribution in [0.15, 0.2) is 16.8 Å². The molecule has 3 heterocycles. The van der Waals surface area contributed by atoms with Gasteiger partial charge < -0.3 is 20.9 Å². The summed E-state index contributed by atoms with van der Waals surface area (Å²) < 4.78 is 5.32. The molecule has 2 aromatic rings. The van der Waals surface area contributed by atoms with E-state index in [-0.39, 0.29) is 6.04 Å². The number of pyridine rings is 1. The second-order valence-electron chi connectivity index (χ2n) is 5.21. The molecule has 4 N–H and O–H groups in total. The molecule has 94 valence electrons. The first kappa shape index (κ1) is 10.1. The number of rotatable bonds is 1. The number of hydrogen-bond acceptors (Lipinski definition) is 6. The molecule has 2 aliphatic rings.